The molecule has 128 valence electrons. The van der Waals surface area contributed by atoms with E-state index in [9.17, 15) is 14.4 Å². The SMILES string of the molecule is CC(=O)OCC1O[C@H]2OC(C)NC2C(OC(C)=O)=C1OC(C)=O. The van der Waals surface area contributed by atoms with Gasteiger partial charge in [0.25, 0.3) is 0 Å². The van der Waals surface area contributed by atoms with Gasteiger partial charge in [-0.3, -0.25) is 19.7 Å². The second-order valence-corrected chi connectivity index (χ2v) is 5.13. The summed E-state index contributed by atoms with van der Waals surface area (Å²) in [6, 6.07) is -0.614. The van der Waals surface area contributed by atoms with Gasteiger partial charge in [-0.1, -0.05) is 0 Å². The first-order valence-corrected chi connectivity index (χ1v) is 7.09. The summed E-state index contributed by atoms with van der Waals surface area (Å²) in [5.41, 5.74) is 0. The van der Waals surface area contributed by atoms with Crippen LogP contribution in [-0.2, 0) is 38.1 Å². The van der Waals surface area contributed by atoms with Gasteiger partial charge in [0.2, 0.25) is 0 Å². The average molecular weight is 329 g/mol. The highest BCUT2D eigenvalue weighted by Gasteiger charge is 2.47. The zero-order chi connectivity index (χ0) is 17.1. The van der Waals surface area contributed by atoms with E-state index in [1.54, 1.807) is 6.92 Å². The van der Waals surface area contributed by atoms with Gasteiger partial charge in [0.1, 0.15) is 18.9 Å². The van der Waals surface area contributed by atoms with Crippen LogP contribution in [0, 0.1) is 0 Å². The molecule has 2 rings (SSSR count). The number of carbonyl (C=O) groups is 3. The smallest absolute Gasteiger partial charge is 0.307 e. The van der Waals surface area contributed by atoms with Crippen molar-refractivity contribution in [2.45, 2.75) is 52.4 Å². The molecule has 0 aliphatic carbocycles. The number of fused-ring (bicyclic) bond motifs is 1. The summed E-state index contributed by atoms with van der Waals surface area (Å²) in [6.07, 6.45) is -2.05. The Hall–Kier alpha value is -1.97. The molecule has 4 atom stereocenters. The lowest BCUT2D eigenvalue weighted by Crippen LogP contribution is -2.47. The third kappa shape index (κ3) is 4.27. The van der Waals surface area contributed by atoms with Crippen LogP contribution in [-0.4, -0.2) is 49.2 Å². The molecule has 0 spiro atoms. The highest BCUT2D eigenvalue weighted by Crippen LogP contribution is 2.33. The first-order chi connectivity index (χ1) is 10.8. The Bertz CT molecular complexity index is 543. The van der Waals surface area contributed by atoms with E-state index >= 15 is 0 Å². The number of hydrogen-bond donors (Lipinski definition) is 1. The van der Waals surface area contributed by atoms with Crippen molar-refractivity contribution in [3.63, 3.8) is 0 Å². The summed E-state index contributed by atoms with van der Waals surface area (Å²) in [6.45, 7) is 5.21. The molecule has 23 heavy (non-hydrogen) atoms. The monoisotopic (exact) mass is 329 g/mol. The van der Waals surface area contributed by atoms with Crippen LogP contribution >= 0.6 is 0 Å². The van der Waals surface area contributed by atoms with Crippen molar-refractivity contribution < 1.29 is 38.1 Å². The predicted octanol–water partition coefficient (Wildman–Crippen LogP) is -0.0534. The van der Waals surface area contributed by atoms with E-state index in [4.69, 9.17) is 23.7 Å². The van der Waals surface area contributed by atoms with Gasteiger partial charge < -0.3 is 23.7 Å². The minimum absolute atomic E-state index is 0.0135. The molecule has 2 aliphatic rings. The number of nitrogens with one attached hydrogen (secondary N) is 1. The maximum absolute atomic E-state index is 11.4. The van der Waals surface area contributed by atoms with Crippen molar-refractivity contribution in [2.75, 3.05) is 6.61 Å². The highest BCUT2D eigenvalue weighted by molar-refractivity contribution is 5.69. The molecule has 9 heteroatoms. The van der Waals surface area contributed by atoms with Crippen LogP contribution in [0.25, 0.3) is 0 Å². The minimum atomic E-state index is -0.925. The van der Waals surface area contributed by atoms with Crippen molar-refractivity contribution in [1.82, 2.24) is 5.32 Å². The largest absolute Gasteiger partial charge is 0.463 e. The maximum atomic E-state index is 11.4. The Morgan fingerprint density at radius 3 is 2.17 bits per heavy atom. The van der Waals surface area contributed by atoms with Gasteiger partial charge in [-0.15, -0.1) is 0 Å². The van der Waals surface area contributed by atoms with E-state index in [1.165, 1.54) is 20.8 Å². The van der Waals surface area contributed by atoms with E-state index in [-0.39, 0.29) is 24.4 Å². The molecule has 0 aromatic carbocycles. The summed E-state index contributed by atoms with van der Waals surface area (Å²) >= 11 is 0. The number of rotatable bonds is 4. The van der Waals surface area contributed by atoms with Gasteiger partial charge in [0.05, 0.1) is 0 Å². The van der Waals surface area contributed by atoms with Crippen molar-refractivity contribution in [3.8, 4) is 0 Å². The van der Waals surface area contributed by atoms with Crippen LogP contribution in [0.5, 0.6) is 0 Å². The quantitative estimate of drug-likeness (QED) is 0.560. The number of ether oxygens (including phenoxy) is 5. The van der Waals surface area contributed by atoms with Crippen LogP contribution in [0.2, 0.25) is 0 Å². The summed E-state index contributed by atoms with van der Waals surface area (Å²) in [5, 5.41) is 3.02. The normalized spacial score (nSPS) is 29.7. The lowest BCUT2D eigenvalue weighted by molar-refractivity contribution is -0.193. The second kappa shape index (κ2) is 7.07. The molecule has 0 saturated carbocycles. The number of carbonyl (C=O) groups excluding carboxylic acids is 3. The first-order valence-electron chi connectivity index (χ1n) is 7.09. The average Bonchev–Trinajstić information content (AvgIpc) is 2.78. The molecule has 2 aliphatic heterocycles. The summed E-state index contributed by atoms with van der Waals surface area (Å²) in [7, 11) is 0. The highest BCUT2D eigenvalue weighted by atomic mass is 16.7. The van der Waals surface area contributed by atoms with Crippen LogP contribution in [0.3, 0.4) is 0 Å². The van der Waals surface area contributed by atoms with Crippen molar-refractivity contribution in [2.24, 2.45) is 0 Å². The number of esters is 3. The Kier molecular flexibility index (Phi) is 5.34. The zero-order valence-corrected chi connectivity index (χ0v) is 13.3. The maximum Gasteiger partial charge on any atom is 0.307 e. The molecule has 2 heterocycles. The topological polar surface area (TPSA) is 109 Å². The fourth-order valence-electron chi connectivity index (χ4n) is 2.34. The second-order valence-electron chi connectivity index (χ2n) is 5.13. The molecule has 0 amide bonds. The molecule has 0 aromatic rings. The molecular weight excluding hydrogens is 310 g/mol. The van der Waals surface area contributed by atoms with Gasteiger partial charge in [0, 0.05) is 20.8 Å². The van der Waals surface area contributed by atoms with Gasteiger partial charge in [0.15, 0.2) is 23.9 Å². The van der Waals surface area contributed by atoms with Crippen molar-refractivity contribution >= 4 is 17.9 Å². The van der Waals surface area contributed by atoms with Gasteiger partial charge in [-0.25, -0.2) is 0 Å². The van der Waals surface area contributed by atoms with E-state index in [1.807, 2.05) is 0 Å². The molecule has 9 nitrogen and oxygen atoms in total. The fourth-order valence-corrected chi connectivity index (χ4v) is 2.34. The van der Waals surface area contributed by atoms with Gasteiger partial charge >= 0.3 is 17.9 Å². The van der Waals surface area contributed by atoms with E-state index in [2.05, 4.69) is 5.32 Å². The zero-order valence-electron chi connectivity index (χ0n) is 13.3. The summed E-state index contributed by atoms with van der Waals surface area (Å²) < 4.78 is 26.5. The van der Waals surface area contributed by atoms with Crippen LogP contribution < -0.4 is 5.32 Å². The Morgan fingerprint density at radius 1 is 1.00 bits per heavy atom. The van der Waals surface area contributed by atoms with Crippen LogP contribution in [0.4, 0.5) is 0 Å². The van der Waals surface area contributed by atoms with Crippen molar-refractivity contribution in [1.29, 1.82) is 0 Å². The molecule has 1 N–H and O–H groups in total. The minimum Gasteiger partial charge on any atom is -0.463 e. The Balaban J connectivity index is 2.36. The summed E-state index contributed by atoms with van der Waals surface area (Å²) in [5.74, 6) is -1.65. The van der Waals surface area contributed by atoms with E-state index < -0.39 is 36.3 Å². The van der Waals surface area contributed by atoms with E-state index in [0.29, 0.717) is 0 Å². The van der Waals surface area contributed by atoms with Crippen LogP contribution in [0.1, 0.15) is 27.7 Å². The lowest BCUT2D eigenvalue weighted by atomic mass is 10.1. The molecule has 1 saturated heterocycles. The molecule has 0 aromatic heterocycles. The molecule has 0 bridgehead atoms. The Labute approximate surface area is 132 Å². The third-order valence-corrected chi connectivity index (χ3v) is 3.09. The van der Waals surface area contributed by atoms with Crippen LogP contribution in [0.15, 0.2) is 11.5 Å². The fraction of sp³-hybridized carbons (Fsp3) is 0.643. The van der Waals surface area contributed by atoms with Crippen molar-refractivity contribution in [3.05, 3.63) is 11.5 Å². The lowest BCUT2D eigenvalue weighted by Gasteiger charge is -2.33. The molecule has 1 fully saturated rings. The van der Waals surface area contributed by atoms with Gasteiger partial charge in [-0.05, 0) is 6.92 Å². The standard InChI is InChI=1S/C14H19NO8/c1-6-15-11-13(22-9(4)18)12(21-8(3)17)10(5-19-7(2)16)23-14(11)20-6/h6,10-11,14-15H,5H2,1-4H3/t6?,10?,11?,14-/m1/s1. The molecule has 3 unspecified atom stereocenters. The third-order valence-electron chi connectivity index (χ3n) is 3.09. The Morgan fingerprint density at radius 2 is 1.61 bits per heavy atom. The first kappa shape index (κ1) is 17.4. The summed E-state index contributed by atoms with van der Waals surface area (Å²) in [4.78, 5) is 33.8. The van der Waals surface area contributed by atoms with Gasteiger partial charge in [-0.2, -0.15) is 0 Å². The predicted molar refractivity (Wildman–Crippen MR) is 73.3 cm³/mol. The van der Waals surface area contributed by atoms with E-state index in [0.717, 1.165) is 0 Å². The molecule has 0 radical (unpaired) electrons. The number of hydrogen-bond acceptors (Lipinski definition) is 9. The molecular formula is C14H19NO8.